The maximum atomic E-state index is 13.1. The van der Waals surface area contributed by atoms with Gasteiger partial charge < -0.3 is 5.32 Å². The van der Waals surface area contributed by atoms with E-state index in [1.807, 2.05) is 0 Å². The van der Waals surface area contributed by atoms with Gasteiger partial charge >= 0.3 is 6.18 Å². The first-order valence-electron chi connectivity index (χ1n) is 8.13. The lowest BCUT2D eigenvalue weighted by Gasteiger charge is -2.22. The van der Waals surface area contributed by atoms with Crippen molar-refractivity contribution >= 4 is 21.6 Å². The fraction of sp³-hybridized carbons (Fsp3) is 0.278. The molecule has 0 saturated carbocycles. The molecule has 0 bridgehead atoms. The Hall–Kier alpha value is -2.39. The smallest absolute Gasteiger partial charge is 0.326 e. The van der Waals surface area contributed by atoms with Gasteiger partial charge in [0, 0.05) is 25.7 Å². The number of nitrogens with zero attached hydrogens (tertiary/aromatic N) is 1. The van der Waals surface area contributed by atoms with Gasteiger partial charge in [-0.1, -0.05) is 18.2 Å². The Morgan fingerprint density at radius 2 is 1.81 bits per heavy atom. The van der Waals surface area contributed by atoms with Gasteiger partial charge in [0.2, 0.25) is 15.9 Å². The summed E-state index contributed by atoms with van der Waals surface area (Å²) < 4.78 is 65.9. The predicted molar refractivity (Wildman–Crippen MR) is 93.5 cm³/mol. The van der Waals surface area contributed by atoms with Crippen LogP contribution in [0.2, 0.25) is 0 Å². The van der Waals surface area contributed by atoms with Gasteiger partial charge in [0.25, 0.3) is 0 Å². The summed E-state index contributed by atoms with van der Waals surface area (Å²) in [6.45, 7) is -0.411. The zero-order chi connectivity index (χ0) is 19.8. The SMILES string of the molecule is CN(Cc1ccccc1C(F)(F)F)S(=O)(=O)c1ccc2c(c1)CCC(=O)N2. The molecule has 144 valence electrons. The summed E-state index contributed by atoms with van der Waals surface area (Å²) in [5, 5.41) is 2.66. The molecule has 0 fully saturated rings. The van der Waals surface area contributed by atoms with E-state index >= 15 is 0 Å². The topological polar surface area (TPSA) is 66.5 Å². The van der Waals surface area contributed by atoms with Crippen LogP contribution in [0.1, 0.15) is 23.1 Å². The first-order chi connectivity index (χ1) is 12.6. The molecular weight excluding hydrogens is 381 g/mol. The normalized spacial score (nSPS) is 14.8. The van der Waals surface area contributed by atoms with Crippen LogP contribution in [0.25, 0.3) is 0 Å². The molecule has 1 heterocycles. The number of carbonyl (C=O) groups excluding carboxylic acids is 1. The number of nitrogens with one attached hydrogen (secondary N) is 1. The van der Waals surface area contributed by atoms with Crippen molar-refractivity contribution < 1.29 is 26.4 Å². The third-order valence-corrected chi connectivity index (χ3v) is 6.20. The van der Waals surface area contributed by atoms with Crippen LogP contribution >= 0.6 is 0 Å². The minimum Gasteiger partial charge on any atom is -0.326 e. The van der Waals surface area contributed by atoms with Crippen LogP contribution in [0.3, 0.4) is 0 Å². The number of aryl methyl sites for hydroxylation is 1. The number of hydrogen-bond donors (Lipinski definition) is 1. The van der Waals surface area contributed by atoms with Gasteiger partial charge in [0.1, 0.15) is 0 Å². The average Bonchev–Trinajstić information content (AvgIpc) is 2.60. The fourth-order valence-corrected chi connectivity index (χ4v) is 4.16. The van der Waals surface area contributed by atoms with Crippen molar-refractivity contribution in [2.75, 3.05) is 12.4 Å². The van der Waals surface area contributed by atoms with Crippen molar-refractivity contribution in [3.8, 4) is 0 Å². The first kappa shape index (κ1) is 19.4. The number of rotatable bonds is 4. The van der Waals surface area contributed by atoms with Crippen LogP contribution in [-0.4, -0.2) is 25.7 Å². The van der Waals surface area contributed by atoms with E-state index < -0.39 is 28.3 Å². The molecule has 2 aromatic rings. The molecule has 1 amide bonds. The zero-order valence-corrected chi connectivity index (χ0v) is 15.2. The summed E-state index contributed by atoms with van der Waals surface area (Å²) in [6, 6.07) is 9.18. The number of benzene rings is 2. The second kappa shape index (κ2) is 6.97. The highest BCUT2D eigenvalue weighted by molar-refractivity contribution is 7.89. The molecule has 1 aliphatic rings. The molecule has 2 aromatic carbocycles. The molecular formula is C18H17F3N2O3S. The van der Waals surface area contributed by atoms with E-state index in [1.165, 1.54) is 43.4 Å². The van der Waals surface area contributed by atoms with E-state index in [4.69, 9.17) is 0 Å². The summed E-state index contributed by atoms with van der Waals surface area (Å²) in [6.07, 6.45) is -3.90. The second-order valence-corrected chi connectivity index (χ2v) is 8.33. The van der Waals surface area contributed by atoms with Crippen LogP contribution in [0.4, 0.5) is 18.9 Å². The maximum absolute atomic E-state index is 13.1. The number of halogens is 3. The Bertz CT molecular complexity index is 988. The molecule has 1 aliphatic heterocycles. The van der Waals surface area contributed by atoms with Gasteiger partial charge in [-0.15, -0.1) is 0 Å². The lowest BCUT2D eigenvalue weighted by Crippen LogP contribution is -2.28. The summed E-state index contributed by atoms with van der Waals surface area (Å²) in [4.78, 5) is 11.4. The predicted octanol–water partition coefficient (Wildman–Crippen LogP) is 3.41. The van der Waals surface area contributed by atoms with Gasteiger partial charge in [0.15, 0.2) is 0 Å². The van der Waals surface area contributed by atoms with E-state index in [0.717, 1.165) is 10.4 Å². The van der Waals surface area contributed by atoms with E-state index in [1.54, 1.807) is 0 Å². The average molecular weight is 398 g/mol. The monoisotopic (exact) mass is 398 g/mol. The lowest BCUT2D eigenvalue weighted by molar-refractivity contribution is -0.138. The van der Waals surface area contributed by atoms with E-state index in [-0.39, 0.29) is 22.8 Å². The molecule has 9 heteroatoms. The highest BCUT2D eigenvalue weighted by Crippen LogP contribution is 2.33. The Balaban J connectivity index is 1.89. The molecule has 0 saturated heterocycles. The fourth-order valence-electron chi connectivity index (χ4n) is 2.96. The number of anilines is 1. The standard InChI is InChI=1S/C18H17F3N2O3S/c1-23(11-13-4-2-3-5-15(13)18(19,20)21)27(25,26)14-7-8-16-12(10-14)6-9-17(24)22-16/h2-5,7-8,10H,6,9,11H2,1H3,(H,22,24). The quantitative estimate of drug-likeness (QED) is 0.858. The maximum Gasteiger partial charge on any atom is 0.416 e. The molecule has 0 radical (unpaired) electrons. The Kier molecular flexibility index (Phi) is 5.00. The molecule has 0 aromatic heterocycles. The summed E-state index contributed by atoms with van der Waals surface area (Å²) in [7, 11) is -2.75. The Morgan fingerprint density at radius 3 is 2.52 bits per heavy atom. The molecule has 0 aliphatic carbocycles. The van der Waals surface area contributed by atoms with Gasteiger partial charge in [-0.2, -0.15) is 17.5 Å². The molecule has 5 nitrogen and oxygen atoms in total. The molecule has 3 rings (SSSR count). The summed E-state index contributed by atoms with van der Waals surface area (Å²) in [5.74, 6) is -0.140. The van der Waals surface area contributed by atoms with Gasteiger partial charge in [-0.05, 0) is 41.8 Å². The minimum absolute atomic E-state index is 0.0237. The molecule has 0 unspecified atom stereocenters. The zero-order valence-electron chi connectivity index (χ0n) is 14.4. The number of hydrogen-bond acceptors (Lipinski definition) is 3. The van der Waals surface area contributed by atoms with Crippen LogP contribution in [0.5, 0.6) is 0 Å². The van der Waals surface area contributed by atoms with Crippen LogP contribution in [0, 0.1) is 0 Å². The van der Waals surface area contributed by atoms with E-state index in [0.29, 0.717) is 17.7 Å². The van der Waals surface area contributed by atoms with Crippen molar-refractivity contribution in [1.82, 2.24) is 4.31 Å². The second-order valence-electron chi connectivity index (χ2n) is 6.28. The van der Waals surface area contributed by atoms with Crippen molar-refractivity contribution in [1.29, 1.82) is 0 Å². The van der Waals surface area contributed by atoms with E-state index in [2.05, 4.69) is 5.32 Å². The van der Waals surface area contributed by atoms with Crippen molar-refractivity contribution in [2.45, 2.75) is 30.5 Å². The van der Waals surface area contributed by atoms with Gasteiger partial charge in [-0.25, -0.2) is 8.42 Å². The largest absolute Gasteiger partial charge is 0.416 e. The summed E-state index contributed by atoms with van der Waals surface area (Å²) in [5.41, 5.74) is 0.247. The van der Waals surface area contributed by atoms with Crippen molar-refractivity contribution in [2.24, 2.45) is 0 Å². The van der Waals surface area contributed by atoms with Crippen LogP contribution < -0.4 is 5.32 Å². The lowest BCUT2D eigenvalue weighted by atomic mass is 10.0. The number of sulfonamides is 1. The number of alkyl halides is 3. The van der Waals surface area contributed by atoms with Crippen LogP contribution in [-0.2, 0) is 34.0 Å². The summed E-state index contributed by atoms with van der Waals surface area (Å²) >= 11 is 0. The third-order valence-electron chi connectivity index (χ3n) is 4.40. The highest BCUT2D eigenvalue weighted by Gasteiger charge is 2.34. The highest BCUT2D eigenvalue weighted by atomic mass is 32.2. The van der Waals surface area contributed by atoms with E-state index in [9.17, 15) is 26.4 Å². The van der Waals surface area contributed by atoms with Crippen molar-refractivity contribution in [3.05, 3.63) is 59.2 Å². The number of amides is 1. The molecule has 27 heavy (non-hydrogen) atoms. The first-order valence-corrected chi connectivity index (χ1v) is 9.57. The van der Waals surface area contributed by atoms with Gasteiger partial charge in [-0.3, -0.25) is 4.79 Å². The Labute approximate surface area is 154 Å². The number of fused-ring (bicyclic) bond motifs is 1. The molecule has 0 atom stereocenters. The van der Waals surface area contributed by atoms with Crippen LogP contribution in [0.15, 0.2) is 47.4 Å². The van der Waals surface area contributed by atoms with Gasteiger partial charge in [0.05, 0.1) is 10.5 Å². The van der Waals surface area contributed by atoms with Crippen molar-refractivity contribution in [3.63, 3.8) is 0 Å². The molecule has 0 spiro atoms. The third kappa shape index (κ3) is 3.98. The number of carbonyl (C=O) groups is 1. The molecule has 1 N–H and O–H groups in total. The minimum atomic E-state index is -4.56. The Morgan fingerprint density at radius 1 is 1.11 bits per heavy atom.